The van der Waals surface area contributed by atoms with Crippen molar-refractivity contribution in [3.63, 3.8) is 0 Å². The van der Waals surface area contributed by atoms with Gasteiger partial charge in [0.1, 0.15) is 11.5 Å². The molecule has 1 aromatic heterocycles. The van der Waals surface area contributed by atoms with Crippen molar-refractivity contribution in [3.8, 4) is 0 Å². The van der Waals surface area contributed by atoms with Crippen LogP contribution in [0.3, 0.4) is 0 Å². The number of rotatable bonds is 2. The molecule has 0 spiro atoms. The van der Waals surface area contributed by atoms with Gasteiger partial charge in [0, 0.05) is 11.1 Å². The summed E-state index contributed by atoms with van der Waals surface area (Å²) in [6.07, 6.45) is 0. The molecule has 0 saturated heterocycles. The van der Waals surface area contributed by atoms with E-state index in [2.05, 4.69) is 26.2 Å². The first kappa shape index (κ1) is 13.0. The van der Waals surface area contributed by atoms with Crippen LogP contribution in [0.4, 0.5) is 15.2 Å². The number of halogens is 2. The summed E-state index contributed by atoms with van der Waals surface area (Å²) in [5.41, 5.74) is 6.83. The van der Waals surface area contributed by atoms with Crippen molar-refractivity contribution in [2.45, 2.75) is 6.92 Å². The van der Waals surface area contributed by atoms with E-state index in [4.69, 9.17) is 5.73 Å². The Balaban J connectivity index is 2.24. The molecule has 18 heavy (non-hydrogen) atoms. The smallest absolute Gasteiger partial charge is 0.275 e. The van der Waals surface area contributed by atoms with E-state index < -0.39 is 11.7 Å². The molecule has 4 nitrogen and oxygen atoms in total. The van der Waals surface area contributed by atoms with Crippen molar-refractivity contribution in [1.29, 1.82) is 0 Å². The lowest BCUT2D eigenvalue weighted by Crippen LogP contribution is -2.13. The minimum Gasteiger partial charge on any atom is -0.375 e. The van der Waals surface area contributed by atoms with E-state index in [0.29, 0.717) is 15.3 Å². The molecular weight excluding hydrogens is 321 g/mol. The van der Waals surface area contributed by atoms with Crippen molar-refractivity contribution in [3.05, 3.63) is 39.1 Å². The summed E-state index contributed by atoms with van der Waals surface area (Å²) in [6, 6.07) is 2.85. The molecule has 0 radical (unpaired) electrons. The van der Waals surface area contributed by atoms with Crippen molar-refractivity contribution in [1.82, 2.24) is 4.98 Å². The maximum absolute atomic E-state index is 13.4. The second-order valence-corrected chi connectivity index (χ2v) is 5.35. The number of aryl methyl sites for hydroxylation is 1. The fraction of sp³-hybridized carbons (Fsp3) is 0.0909. The Labute approximate surface area is 115 Å². The predicted octanol–water partition coefficient (Wildman–Crippen LogP) is 3.19. The molecule has 94 valence electrons. The van der Waals surface area contributed by atoms with Gasteiger partial charge in [-0.3, -0.25) is 4.79 Å². The van der Waals surface area contributed by atoms with Gasteiger partial charge in [0.05, 0.1) is 4.47 Å². The van der Waals surface area contributed by atoms with Crippen LogP contribution in [0.25, 0.3) is 0 Å². The first-order valence-corrected chi connectivity index (χ1v) is 6.62. The number of nitrogen functional groups attached to an aromatic ring is 1. The molecule has 0 bridgehead atoms. The predicted molar refractivity (Wildman–Crippen MR) is 73.3 cm³/mol. The summed E-state index contributed by atoms with van der Waals surface area (Å²) in [5, 5.41) is 4.47. The number of thiazole rings is 1. The van der Waals surface area contributed by atoms with Crippen LogP contribution in [0.2, 0.25) is 0 Å². The maximum Gasteiger partial charge on any atom is 0.275 e. The molecule has 2 aromatic rings. The zero-order valence-corrected chi connectivity index (χ0v) is 11.7. The molecule has 0 aliphatic heterocycles. The number of aromatic nitrogens is 1. The highest BCUT2D eigenvalue weighted by molar-refractivity contribution is 9.10. The Kier molecular flexibility index (Phi) is 3.63. The van der Waals surface area contributed by atoms with E-state index in [-0.39, 0.29) is 5.69 Å². The van der Waals surface area contributed by atoms with Crippen LogP contribution in [0.1, 0.15) is 16.1 Å². The lowest BCUT2D eigenvalue weighted by Gasteiger charge is -2.08. The summed E-state index contributed by atoms with van der Waals surface area (Å²) in [7, 11) is 0. The molecule has 3 N–H and O–H groups in total. The normalized spacial score (nSPS) is 10.4. The Morgan fingerprint density at radius 3 is 2.89 bits per heavy atom. The molecule has 0 atom stereocenters. The first-order chi connectivity index (χ1) is 8.47. The van der Waals surface area contributed by atoms with E-state index in [1.807, 2.05) is 0 Å². The number of hydrogen-bond donors (Lipinski definition) is 2. The summed E-state index contributed by atoms with van der Waals surface area (Å²) < 4.78 is 13.7. The van der Waals surface area contributed by atoms with E-state index in [9.17, 15) is 9.18 Å². The molecule has 0 aliphatic rings. The Hall–Kier alpha value is -1.47. The highest BCUT2D eigenvalue weighted by atomic mass is 79.9. The molecule has 0 saturated carbocycles. The summed E-state index contributed by atoms with van der Waals surface area (Å²) in [5.74, 6) is -0.846. The number of nitrogens with zero attached hydrogens (tertiary/aromatic N) is 1. The van der Waals surface area contributed by atoms with Gasteiger partial charge in [-0.15, -0.1) is 11.3 Å². The van der Waals surface area contributed by atoms with Crippen LogP contribution in [0.5, 0.6) is 0 Å². The van der Waals surface area contributed by atoms with Crippen molar-refractivity contribution in [2.75, 3.05) is 11.1 Å². The minimum atomic E-state index is -0.436. The minimum absolute atomic E-state index is 0.222. The van der Waals surface area contributed by atoms with E-state index in [0.717, 1.165) is 5.56 Å². The summed E-state index contributed by atoms with van der Waals surface area (Å²) >= 11 is 4.26. The molecule has 0 aliphatic carbocycles. The average molecular weight is 330 g/mol. The number of carbonyl (C=O) groups is 1. The van der Waals surface area contributed by atoms with Gasteiger partial charge in [0.15, 0.2) is 5.13 Å². The van der Waals surface area contributed by atoms with Gasteiger partial charge in [0.25, 0.3) is 5.91 Å². The lowest BCUT2D eigenvalue weighted by atomic mass is 10.2. The second kappa shape index (κ2) is 5.03. The number of anilines is 2. The lowest BCUT2D eigenvalue weighted by molar-refractivity contribution is 0.102. The average Bonchev–Trinajstić information content (AvgIpc) is 2.73. The van der Waals surface area contributed by atoms with E-state index in [1.165, 1.54) is 17.4 Å². The fourth-order valence-corrected chi connectivity index (χ4v) is 2.36. The van der Waals surface area contributed by atoms with Crippen molar-refractivity contribution < 1.29 is 9.18 Å². The number of carbonyl (C=O) groups excluding carboxylic acids is 1. The highest BCUT2D eigenvalue weighted by Gasteiger charge is 2.12. The molecule has 7 heteroatoms. The number of nitrogens with one attached hydrogen (secondary N) is 1. The van der Waals surface area contributed by atoms with Crippen LogP contribution in [-0.4, -0.2) is 10.9 Å². The van der Waals surface area contributed by atoms with Crippen LogP contribution >= 0.6 is 27.3 Å². The second-order valence-electron chi connectivity index (χ2n) is 3.61. The monoisotopic (exact) mass is 329 g/mol. The Morgan fingerprint density at radius 2 is 2.28 bits per heavy atom. The highest BCUT2D eigenvalue weighted by Crippen LogP contribution is 2.24. The van der Waals surface area contributed by atoms with Crippen molar-refractivity contribution in [2.24, 2.45) is 0 Å². The molecule has 1 amide bonds. The summed E-state index contributed by atoms with van der Waals surface area (Å²) in [4.78, 5) is 15.7. The first-order valence-electron chi connectivity index (χ1n) is 4.95. The number of nitrogens with two attached hydrogens (primary N) is 1. The SMILES string of the molecule is Cc1cc(Br)c(F)cc1NC(=O)c1csc(N)n1. The third-order valence-corrected chi connectivity index (χ3v) is 3.55. The van der Waals surface area contributed by atoms with Gasteiger partial charge in [-0.2, -0.15) is 0 Å². The zero-order chi connectivity index (χ0) is 13.3. The summed E-state index contributed by atoms with van der Waals surface area (Å²) in [6.45, 7) is 1.77. The van der Waals surface area contributed by atoms with Gasteiger partial charge in [-0.05, 0) is 40.5 Å². The van der Waals surface area contributed by atoms with E-state index in [1.54, 1.807) is 18.4 Å². The van der Waals surface area contributed by atoms with Crippen molar-refractivity contribution >= 4 is 44.0 Å². The number of benzene rings is 1. The largest absolute Gasteiger partial charge is 0.375 e. The topological polar surface area (TPSA) is 68.0 Å². The number of amides is 1. The molecule has 0 fully saturated rings. The molecule has 1 heterocycles. The van der Waals surface area contributed by atoms with Crippen LogP contribution in [-0.2, 0) is 0 Å². The third-order valence-electron chi connectivity index (χ3n) is 2.27. The quantitative estimate of drug-likeness (QED) is 0.889. The molecule has 0 unspecified atom stereocenters. The third kappa shape index (κ3) is 2.68. The Bertz CT molecular complexity index is 614. The van der Waals surface area contributed by atoms with Gasteiger partial charge in [0.2, 0.25) is 0 Å². The zero-order valence-electron chi connectivity index (χ0n) is 9.33. The van der Waals surface area contributed by atoms with Crippen LogP contribution in [0.15, 0.2) is 22.0 Å². The number of hydrogen-bond acceptors (Lipinski definition) is 4. The van der Waals surface area contributed by atoms with Gasteiger partial charge in [-0.1, -0.05) is 0 Å². The molecule has 1 aromatic carbocycles. The van der Waals surface area contributed by atoms with Gasteiger partial charge >= 0.3 is 0 Å². The van der Waals surface area contributed by atoms with Crippen LogP contribution < -0.4 is 11.1 Å². The standard InChI is InChI=1S/C11H9BrFN3OS/c1-5-2-6(12)7(13)3-8(5)15-10(17)9-4-18-11(14)16-9/h2-4H,1H3,(H2,14,16)(H,15,17). The Morgan fingerprint density at radius 1 is 1.56 bits per heavy atom. The van der Waals surface area contributed by atoms with Crippen LogP contribution in [0, 0.1) is 12.7 Å². The van der Waals surface area contributed by atoms with Gasteiger partial charge < -0.3 is 11.1 Å². The van der Waals surface area contributed by atoms with E-state index >= 15 is 0 Å². The van der Waals surface area contributed by atoms with Gasteiger partial charge in [-0.25, -0.2) is 9.37 Å². The molecule has 2 rings (SSSR count). The molecular formula is C11H9BrFN3OS. The fourth-order valence-electron chi connectivity index (χ4n) is 1.36. The maximum atomic E-state index is 13.4.